The summed E-state index contributed by atoms with van der Waals surface area (Å²) < 4.78 is 5.03. The molecule has 0 aliphatic heterocycles. The quantitative estimate of drug-likeness (QED) is 0.460. The van der Waals surface area contributed by atoms with Crippen LogP contribution in [0.1, 0.15) is 24.4 Å². The zero-order chi connectivity index (χ0) is 19.1. The first kappa shape index (κ1) is 19.7. The molecule has 138 valence electrons. The van der Waals surface area contributed by atoms with E-state index in [1.165, 1.54) is 12.3 Å². The van der Waals surface area contributed by atoms with Gasteiger partial charge in [-0.2, -0.15) is 0 Å². The number of furan rings is 1. The number of hydrazine groups is 1. The molecule has 2 amide bonds. The van der Waals surface area contributed by atoms with Crippen LogP contribution in [0.5, 0.6) is 0 Å². The summed E-state index contributed by atoms with van der Waals surface area (Å²) in [6, 6.07) is 9.28. The van der Waals surface area contributed by atoms with Crippen LogP contribution in [-0.4, -0.2) is 23.0 Å². The number of halogens is 1. The monoisotopic (exact) mass is 394 g/mol. The fraction of sp³-hybridized carbons (Fsp3) is 0.235. The number of anilines is 1. The first-order valence-electron chi connectivity index (χ1n) is 7.83. The Morgan fingerprint density at radius 1 is 1.12 bits per heavy atom. The van der Waals surface area contributed by atoms with Crippen LogP contribution in [0.4, 0.5) is 5.69 Å². The Kier molecular flexibility index (Phi) is 6.99. The Balaban J connectivity index is 1.87. The second-order valence-corrected chi connectivity index (χ2v) is 6.59. The molecule has 26 heavy (non-hydrogen) atoms. The minimum atomic E-state index is -0.765. The van der Waals surface area contributed by atoms with Crippen LogP contribution >= 0.6 is 23.8 Å². The Bertz CT molecular complexity index is 763. The number of nitrogens with one attached hydrogen (secondary N) is 4. The van der Waals surface area contributed by atoms with Gasteiger partial charge in [0.1, 0.15) is 6.04 Å². The molecule has 0 aliphatic rings. The van der Waals surface area contributed by atoms with Crippen molar-refractivity contribution in [3.8, 4) is 0 Å². The van der Waals surface area contributed by atoms with Gasteiger partial charge in [-0.15, -0.1) is 0 Å². The SMILES string of the molecule is CC(C)[C@H](NC(=O)c1ccco1)C(=O)NNC(=S)Nc1ccc(Cl)cc1. The molecule has 1 aromatic heterocycles. The van der Waals surface area contributed by atoms with Gasteiger partial charge >= 0.3 is 0 Å². The number of hydrogen-bond acceptors (Lipinski definition) is 4. The number of amides is 2. The minimum Gasteiger partial charge on any atom is -0.459 e. The van der Waals surface area contributed by atoms with Gasteiger partial charge in [0.05, 0.1) is 6.26 Å². The molecule has 7 nitrogen and oxygen atoms in total. The number of carbonyl (C=O) groups excluding carboxylic acids is 2. The topological polar surface area (TPSA) is 95.4 Å². The average molecular weight is 395 g/mol. The van der Waals surface area contributed by atoms with E-state index < -0.39 is 17.9 Å². The second kappa shape index (κ2) is 9.21. The lowest BCUT2D eigenvalue weighted by Gasteiger charge is -2.22. The molecular weight excluding hydrogens is 376 g/mol. The molecule has 0 radical (unpaired) electrons. The third kappa shape index (κ3) is 5.75. The van der Waals surface area contributed by atoms with Crippen LogP contribution in [-0.2, 0) is 4.79 Å². The number of carbonyl (C=O) groups is 2. The fourth-order valence-electron chi connectivity index (χ4n) is 2.05. The van der Waals surface area contributed by atoms with Crippen LogP contribution in [0, 0.1) is 5.92 Å². The molecule has 2 aromatic rings. The van der Waals surface area contributed by atoms with Gasteiger partial charge in [0, 0.05) is 10.7 Å². The summed E-state index contributed by atoms with van der Waals surface area (Å²) >= 11 is 10.9. The van der Waals surface area contributed by atoms with Crippen LogP contribution < -0.4 is 21.5 Å². The third-order valence-electron chi connectivity index (χ3n) is 3.38. The van der Waals surface area contributed by atoms with Crippen molar-refractivity contribution >= 4 is 46.4 Å². The van der Waals surface area contributed by atoms with E-state index in [2.05, 4.69) is 21.5 Å². The highest BCUT2D eigenvalue weighted by Crippen LogP contribution is 2.13. The molecule has 2 rings (SSSR count). The van der Waals surface area contributed by atoms with Gasteiger partial charge in [0.2, 0.25) is 0 Å². The smallest absolute Gasteiger partial charge is 0.287 e. The number of thiocarbonyl (C=S) groups is 1. The maximum absolute atomic E-state index is 12.4. The summed E-state index contributed by atoms with van der Waals surface area (Å²) in [4.78, 5) is 24.4. The first-order valence-corrected chi connectivity index (χ1v) is 8.62. The van der Waals surface area contributed by atoms with E-state index in [9.17, 15) is 9.59 Å². The molecule has 1 atom stereocenters. The molecule has 0 fully saturated rings. The van der Waals surface area contributed by atoms with Crippen LogP contribution in [0.15, 0.2) is 47.1 Å². The minimum absolute atomic E-state index is 0.135. The highest BCUT2D eigenvalue weighted by Gasteiger charge is 2.25. The lowest BCUT2D eigenvalue weighted by Crippen LogP contribution is -2.54. The lowest BCUT2D eigenvalue weighted by atomic mass is 10.0. The molecule has 0 bridgehead atoms. The standard InChI is InChI=1S/C17H19ClN4O3S/c1-10(2)14(20-15(23)13-4-3-9-25-13)16(24)21-22-17(26)19-12-7-5-11(18)6-8-12/h3-10,14H,1-2H3,(H,20,23)(H,21,24)(H2,19,22,26)/t14-/m0/s1. The maximum Gasteiger partial charge on any atom is 0.287 e. The normalized spacial score (nSPS) is 11.5. The van der Waals surface area contributed by atoms with E-state index in [1.54, 1.807) is 30.3 Å². The van der Waals surface area contributed by atoms with E-state index in [0.29, 0.717) is 10.7 Å². The molecule has 9 heteroatoms. The van der Waals surface area contributed by atoms with Crippen molar-refractivity contribution in [1.82, 2.24) is 16.2 Å². The number of rotatable bonds is 5. The Hall–Kier alpha value is -2.58. The highest BCUT2D eigenvalue weighted by atomic mass is 35.5. The van der Waals surface area contributed by atoms with Gasteiger partial charge in [-0.1, -0.05) is 25.4 Å². The van der Waals surface area contributed by atoms with E-state index in [4.69, 9.17) is 28.2 Å². The predicted molar refractivity (Wildman–Crippen MR) is 104 cm³/mol. The summed E-state index contributed by atoms with van der Waals surface area (Å²) in [6.07, 6.45) is 1.39. The third-order valence-corrected chi connectivity index (χ3v) is 3.84. The van der Waals surface area contributed by atoms with Crippen molar-refractivity contribution in [2.45, 2.75) is 19.9 Å². The largest absolute Gasteiger partial charge is 0.459 e. The van der Waals surface area contributed by atoms with Gasteiger partial charge in [-0.3, -0.25) is 20.4 Å². The van der Waals surface area contributed by atoms with Crippen LogP contribution in [0.25, 0.3) is 0 Å². The Morgan fingerprint density at radius 2 is 1.81 bits per heavy atom. The highest BCUT2D eigenvalue weighted by molar-refractivity contribution is 7.80. The van der Waals surface area contributed by atoms with Gasteiger partial charge in [-0.25, -0.2) is 0 Å². The Morgan fingerprint density at radius 3 is 2.38 bits per heavy atom. The van der Waals surface area contributed by atoms with Crippen molar-refractivity contribution in [3.05, 3.63) is 53.4 Å². The van der Waals surface area contributed by atoms with Crippen molar-refractivity contribution in [2.24, 2.45) is 5.92 Å². The summed E-state index contributed by atoms with van der Waals surface area (Å²) in [5.74, 6) is -0.907. The van der Waals surface area contributed by atoms with Gasteiger partial charge in [0.25, 0.3) is 11.8 Å². The molecule has 0 saturated heterocycles. The zero-order valence-electron chi connectivity index (χ0n) is 14.2. The van der Waals surface area contributed by atoms with E-state index in [0.717, 1.165) is 0 Å². The molecule has 0 unspecified atom stereocenters. The first-order chi connectivity index (χ1) is 12.4. The maximum atomic E-state index is 12.4. The van der Waals surface area contributed by atoms with Crippen molar-refractivity contribution in [1.29, 1.82) is 0 Å². The molecule has 1 aromatic carbocycles. The Labute approximate surface area is 161 Å². The summed E-state index contributed by atoms with van der Waals surface area (Å²) in [7, 11) is 0. The molecule has 0 saturated carbocycles. The zero-order valence-corrected chi connectivity index (χ0v) is 15.8. The van der Waals surface area contributed by atoms with Crippen molar-refractivity contribution < 1.29 is 14.0 Å². The molecule has 1 heterocycles. The summed E-state index contributed by atoms with van der Waals surface area (Å²) in [5, 5.41) is 6.34. The van der Waals surface area contributed by atoms with E-state index >= 15 is 0 Å². The van der Waals surface area contributed by atoms with Crippen molar-refractivity contribution in [3.63, 3.8) is 0 Å². The molecule has 0 spiro atoms. The van der Waals surface area contributed by atoms with E-state index in [-0.39, 0.29) is 16.8 Å². The number of benzene rings is 1. The van der Waals surface area contributed by atoms with Gasteiger partial charge in [-0.05, 0) is 54.5 Å². The van der Waals surface area contributed by atoms with Crippen molar-refractivity contribution in [2.75, 3.05) is 5.32 Å². The second-order valence-electron chi connectivity index (χ2n) is 5.75. The van der Waals surface area contributed by atoms with Gasteiger partial charge < -0.3 is 15.1 Å². The fourth-order valence-corrected chi connectivity index (χ4v) is 2.34. The lowest BCUT2D eigenvalue weighted by molar-refractivity contribution is -0.124. The molecule has 4 N–H and O–H groups in total. The number of hydrogen-bond donors (Lipinski definition) is 4. The van der Waals surface area contributed by atoms with Crippen LogP contribution in [0.3, 0.4) is 0 Å². The van der Waals surface area contributed by atoms with Gasteiger partial charge in [0.15, 0.2) is 10.9 Å². The predicted octanol–water partition coefficient (Wildman–Crippen LogP) is 2.71. The average Bonchev–Trinajstić information content (AvgIpc) is 3.14. The summed E-state index contributed by atoms with van der Waals surface area (Å²) in [6.45, 7) is 3.63. The van der Waals surface area contributed by atoms with Crippen LogP contribution in [0.2, 0.25) is 5.02 Å². The molecule has 0 aliphatic carbocycles. The van der Waals surface area contributed by atoms with E-state index in [1.807, 2.05) is 13.8 Å². The summed E-state index contributed by atoms with van der Waals surface area (Å²) in [5.41, 5.74) is 5.80. The molecular formula is C17H19ClN4O3S.